The summed E-state index contributed by atoms with van der Waals surface area (Å²) in [4.78, 5) is 13.0. The Hall–Kier alpha value is -1.56. The molecule has 0 aromatic heterocycles. The number of hydrogen-bond acceptors (Lipinski definition) is 2. The summed E-state index contributed by atoms with van der Waals surface area (Å²) in [6.07, 6.45) is 0. The summed E-state index contributed by atoms with van der Waals surface area (Å²) in [6, 6.07) is 0.968. The van der Waals surface area contributed by atoms with Crippen LogP contribution in [0.4, 0.5) is 13.2 Å². The van der Waals surface area contributed by atoms with E-state index in [1.807, 2.05) is 0 Å². The molecule has 0 aliphatic carbocycles. The summed E-state index contributed by atoms with van der Waals surface area (Å²) in [7, 11) is 0. The molecule has 1 aliphatic rings. The van der Waals surface area contributed by atoms with E-state index in [1.165, 1.54) is 4.90 Å². The largest absolute Gasteiger partial charge is 0.335 e. The molecule has 0 radical (unpaired) electrons. The van der Waals surface area contributed by atoms with E-state index in [2.05, 4.69) is 0 Å². The lowest BCUT2D eigenvalue weighted by Crippen LogP contribution is -2.66. The van der Waals surface area contributed by atoms with Crippen molar-refractivity contribution in [3.05, 3.63) is 35.1 Å². The average molecular weight is 244 g/mol. The molecule has 1 heterocycles. The van der Waals surface area contributed by atoms with Gasteiger partial charge in [-0.05, 0) is 6.92 Å². The molecular weight excluding hydrogens is 233 g/mol. The van der Waals surface area contributed by atoms with Crippen molar-refractivity contribution in [2.45, 2.75) is 12.5 Å². The van der Waals surface area contributed by atoms with Crippen LogP contribution in [0.15, 0.2) is 12.1 Å². The van der Waals surface area contributed by atoms with Gasteiger partial charge < -0.3 is 10.6 Å². The number of halogens is 3. The highest BCUT2D eigenvalue weighted by Gasteiger charge is 2.39. The number of nitrogens with two attached hydrogens (primary N) is 1. The number of carbonyl (C=O) groups is 1. The van der Waals surface area contributed by atoms with Crippen molar-refractivity contribution in [2.75, 3.05) is 13.1 Å². The van der Waals surface area contributed by atoms with Crippen molar-refractivity contribution in [1.82, 2.24) is 4.90 Å². The summed E-state index contributed by atoms with van der Waals surface area (Å²) in [5, 5.41) is 0. The number of amides is 1. The number of likely N-dealkylation sites (tertiary alicyclic amines) is 1. The Kier molecular flexibility index (Phi) is 2.61. The van der Waals surface area contributed by atoms with Crippen molar-refractivity contribution in [3.8, 4) is 0 Å². The first-order valence-corrected chi connectivity index (χ1v) is 5.03. The van der Waals surface area contributed by atoms with E-state index in [-0.39, 0.29) is 13.1 Å². The molecule has 1 saturated heterocycles. The van der Waals surface area contributed by atoms with Gasteiger partial charge in [0, 0.05) is 30.8 Å². The quantitative estimate of drug-likeness (QED) is 0.808. The third kappa shape index (κ3) is 2.12. The van der Waals surface area contributed by atoms with Gasteiger partial charge in [0.1, 0.15) is 23.0 Å². The second-order valence-electron chi connectivity index (χ2n) is 4.56. The molecular formula is C11H11F3N2O. The minimum Gasteiger partial charge on any atom is -0.335 e. The third-order valence-corrected chi connectivity index (χ3v) is 2.61. The van der Waals surface area contributed by atoms with Crippen LogP contribution in [-0.4, -0.2) is 29.4 Å². The number of benzene rings is 1. The summed E-state index contributed by atoms with van der Waals surface area (Å²) in [5.41, 5.74) is 4.43. The topological polar surface area (TPSA) is 46.3 Å². The van der Waals surface area contributed by atoms with E-state index in [1.54, 1.807) is 6.92 Å². The molecule has 2 rings (SSSR count). The Morgan fingerprint density at radius 1 is 1.29 bits per heavy atom. The van der Waals surface area contributed by atoms with Gasteiger partial charge in [0.15, 0.2) is 0 Å². The Morgan fingerprint density at radius 2 is 1.76 bits per heavy atom. The molecule has 0 spiro atoms. The molecule has 17 heavy (non-hydrogen) atoms. The third-order valence-electron chi connectivity index (χ3n) is 2.61. The van der Waals surface area contributed by atoms with Crippen LogP contribution in [0.25, 0.3) is 0 Å². The van der Waals surface area contributed by atoms with E-state index >= 15 is 0 Å². The smallest absolute Gasteiger partial charge is 0.259 e. The zero-order chi connectivity index (χ0) is 12.8. The van der Waals surface area contributed by atoms with Crippen LogP contribution >= 0.6 is 0 Å². The van der Waals surface area contributed by atoms with Gasteiger partial charge in [-0.25, -0.2) is 13.2 Å². The van der Waals surface area contributed by atoms with E-state index < -0.39 is 34.5 Å². The lowest BCUT2D eigenvalue weighted by molar-refractivity contribution is 0.0444. The average Bonchev–Trinajstić information content (AvgIpc) is 2.11. The van der Waals surface area contributed by atoms with Crippen LogP contribution in [0.2, 0.25) is 0 Å². The predicted molar refractivity (Wildman–Crippen MR) is 54.8 cm³/mol. The van der Waals surface area contributed by atoms with Crippen LogP contribution in [0.5, 0.6) is 0 Å². The van der Waals surface area contributed by atoms with Crippen molar-refractivity contribution < 1.29 is 18.0 Å². The van der Waals surface area contributed by atoms with E-state index in [4.69, 9.17) is 5.73 Å². The zero-order valence-corrected chi connectivity index (χ0v) is 9.14. The van der Waals surface area contributed by atoms with Crippen molar-refractivity contribution in [2.24, 2.45) is 5.73 Å². The molecule has 0 saturated carbocycles. The van der Waals surface area contributed by atoms with E-state index in [9.17, 15) is 18.0 Å². The lowest BCUT2D eigenvalue weighted by atomic mass is 9.93. The van der Waals surface area contributed by atoms with Gasteiger partial charge in [0.2, 0.25) is 0 Å². The molecule has 6 heteroatoms. The van der Waals surface area contributed by atoms with Crippen molar-refractivity contribution in [3.63, 3.8) is 0 Å². The highest BCUT2D eigenvalue weighted by molar-refractivity contribution is 5.95. The molecule has 1 fully saturated rings. The highest BCUT2D eigenvalue weighted by atomic mass is 19.1. The maximum Gasteiger partial charge on any atom is 0.259 e. The van der Waals surface area contributed by atoms with Crippen molar-refractivity contribution in [1.29, 1.82) is 0 Å². The van der Waals surface area contributed by atoms with Gasteiger partial charge in [-0.2, -0.15) is 0 Å². The first kappa shape index (κ1) is 11.9. The maximum atomic E-state index is 13.3. The molecule has 0 unspecified atom stereocenters. The summed E-state index contributed by atoms with van der Waals surface area (Å²) >= 11 is 0. The fourth-order valence-electron chi connectivity index (χ4n) is 1.87. The first-order chi connectivity index (χ1) is 7.80. The number of nitrogens with zero attached hydrogens (tertiary/aromatic N) is 1. The van der Waals surface area contributed by atoms with Gasteiger partial charge in [-0.3, -0.25) is 4.79 Å². The molecule has 1 aromatic rings. The van der Waals surface area contributed by atoms with E-state index in [0.29, 0.717) is 12.1 Å². The fraction of sp³-hybridized carbons (Fsp3) is 0.364. The number of rotatable bonds is 1. The maximum absolute atomic E-state index is 13.3. The Labute approximate surface area is 96.0 Å². The summed E-state index contributed by atoms with van der Waals surface area (Å²) in [5.74, 6) is -4.25. The standard InChI is InChI=1S/C11H11F3N2O/c1-11(15)4-16(5-11)10(17)9-7(13)2-6(12)3-8(9)14/h2-3H,4-5,15H2,1H3. The molecule has 1 aliphatic heterocycles. The highest BCUT2D eigenvalue weighted by Crippen LogP contribution is 2.23. The van der Waals surface area contributed by atoms with Gasteiger partial charge >= 0.3 is 0 Å². The second-order valence-corrected chi connectivity index (χ2v) is 4.56. The molecule has 0 bridgehead atoms. The Balaban J connectivity index is 2.27. The number of hydrogen-bond donors (Lipinski definition) is 1. The first-order valence-electron chi connectivity index (χ1n) is 5.03. The summed E-state index contributed by atoms with van der Waals surface area (Å²) < 4.78 is 39.3. The minimum atomic E-state index is -1.20. The zero-order valence-electron chi connectivity index (χ0n) is 9.14. The Morgan fingerprint density at radius 3 is 2.18 bits per heavy atom. The van der Waals surface area contributed by atoms with Gasteiger partial charge in [-0.15, -0.1) is 0 Å². The monoisotopic (exact) mass is 244 g/mol. The van der Waals surface area contributed by atoms with Crippen LogP contribution in [0.3, 0.4) is 0 Å². The van der Waals surface area contributed by atoms with Crippen LogP contribution in [-0.2, 0) is 0 Å². The fourth-order valence-corrected chi connectivity index (χ4v) is 1.87. The molecule has 2 N–H and O–H groups in total. The Bertz CT molecular complexity index is 457. The molecule has 0 atom stereocenters. The van der Waals surface area contributed by atoms with Gasteiger partial charge in [-0.1, -0.05) is 0 Å². The van der Waals surface area contributed by atoms with Gasteiger partial charge in [0.25, 0.3) is 5.91 Å². The predicted octanol–water partition coefficient (Wildman–Crippen LogP) is 1.28. The van der Waals surface area contributed by atoms with E-state index in [0.717, 1.165) is 0 Å². The van der Waals surface area contributed by atoms with Crippen LogP contribution in [0, 0.1) is 17.5 Å². The minimum absolute atomic E-state index is 0.224. The number of carbonyl (C=O) groups excluding carboxylic acids is 1. The van der Waals surface area contributed by atoms with Gasteiger partial charge in [0.05, 0.1) is 0 Å². The molecule has 92 valence electrons. The molecule has 3 nitrogen and oxygen atoms in total. The lowest BCUT2D eigenvalue weighted by Gasteiger charge is -2.45. The normalized spacial score (nSPS) is 17.8. The molecule has 1 amide bonds. The second kappa shape index (κ2) is 3.73. The summed E-state index contributed by atoms with van der Waals surface area (Å²) in [6.45, 7) is 2.18. The SMILES string of the molecule is CC1(N)CN(C(=O)c2c(F)cc(F)cc2F)C1. The van der Waals surface area contributed by atoms with Crippen molar-refractivity contribution >= 4 is 5.91 Å². The molecule has 1 aromatic carbocycles. The van der Waals surface area contributed by atoms with Crippen LogP contribution < -0.4 is 5.73 Å². The van der Waals surface area contributed by atoms with Crippen LogP contribution in [0.1, 0.15) is 17.3 Å².